The molecular weight excluding hydrogens is 376 g/mol. The Balaban J connectivity index is 2.82. The van der Waals surface area contributed by atoms with Crippen LogP contribution in [0.15, 0.2) is 18.2 Å². The maximum Gasteiger partial charge on any atom is 0.0436 e. The predicted octanol–water partition coefficient (Wildman–Crippen LogP) is 3.81. The summed E-state index contributed by atoms with van der Waals surface area (Å²) in [5.74, 6) is 0. The molecule has 0 aliphatic heterocycles. The van der Waals surface area contributed by atoms with Gasteiger partial charge in [-0.15, -0.1) is 0 Å². The van der Waals surface area contributed by atoms with Crippen LogP contribution in [0.5, 0.6) is 0 Å². The fourth-order valence-electron chi connectivity index (χ4n) is 1.04. The predicted molar refractivity (Wildman–Crippen MR) is 69.5 cm³/mol. The smallest absolute Gasteiger partial charge is 0.0436 e. The summed E-state index contributed by atoms with van der Waals surface area (Å²) < 4.78 is 2.12. The maximum absolute atomic E-state index is 2.29. The van der Waals surface area contributed by atoms with Crippen molar-refractivity contribution in [3.8, 4) is 0 Å². The van der Waals surface area contributed by atoms with Crippen molar-refractivity contribution in [2.45, 2.75) is 20.4 Å². The molecule has 3 heteroatoms. The van der Waals surface area contributed by atoms with Crippen molar-refractivity contribution < 1.29 is 0 Å². The van der Waals surface area contributed by atoms with E-state index in [0.717, 1.165) is 6.54 Å². The van der Waals surface area contributed by atoms with Crippen LogP contribution in [0, 0.1) is 13.8 Å². The molecule has 0 fully saturated rings. The summed E-state index contributed by atoms with van der Waals surface area (Å²) >= 11 is 4.57. The third kappa shape index (κ3) is 3.18. The lowest BCUT2D eigenvalue weighted by molar-refractivity contribution is 0.832. The first kappa shape index (κ1) is 10.7. The van der Waals surface area contributed by atoms with Crippen LogP contribution in [0.1, 0.15) is 16.7 Å². The van der Waals surface area contributed by atoms with Crippen molar-refractivity contribution >= 4 is 45.7 Å². The first-order valence-corrected chi connectivity index (χ1v) is 5.68. The normalized spacial score (nSPS) is 10.8. The van der Waals surface area contributed by atoms with Crippen molar-refractivity contribution in [2.24, 2.45) is 0 Å². The van der Waals surface area contributed by atoms with E-state index in [0.29, 0.717) is 0 Å². The van der Waals surface area contributed by atoms with Gasteiger partial charge in [-0.1, -0.05) is 18.2 Å². The van der Waals surface area contributed by atoms with Gasteiger partial charge in [0.1, 0.15) is 0 Å². The van der Waals surface area contributed by atoms with Crippen LogP contribution in [0.3, 0.4) is 0 Å². The maximum atomic E-state index is 2.29. The van der Waals surface area contributed by atoms with E-state index in [1.807, 2.05) is 0 Å². The molecule has 0 saturated carbocycles. The van der Waals surface area contributed by atoms with Crippen LogP contribution in [0.2, 0.25) is 0 Å². The number of rotatable bonds is 2. The Kier molecular flexibility index (Phi) is 4.25. The second-order valence-corrected chi connectivity index (χ2v) is 7.06. The van der Waals surface area contributed by atoms with Gasteiger partial charge >= 0.3 is 0 Å². The summed E-state index contributed by atoms with van der Waals surface area (Å²) in [7, 11) is 0. The molecule has 1 aromatic carbocycles. The lowest BCUT2D eigenvalue weighted by Crippen LogP contribution is -1.96. The van der Waals surface area contributed by atoms with Crippen LogP contribution in [-0.4, -0.2) is 1.33 Å². The van der Waals surface area contributed by atoms with Gasteiger partial charge < -0.3 is 0 Å². The molecule has 0 saturated heterocycles. The van der Waals surface area contributed by atoms with Crippen LogP contribution in [0.25, 0.3) is 0 Å². The van der Waals surface area contributed by atoms with E-state index < -0.39 is 0 Å². The molecular formula is C9H11I2N. The van der Waals surface area contributed by atoms with Crippen molar-refractivity contribution in [3.05, 3.63) is 34.9 Å². The monoisotopic (exact) mass is 387 g/mol. The number of halogens is 2. The summed E-state index contributed by atoms with van der Waals surface area (Å²) in [5, 5.41) is 0. The molecule has 0 spiro atoms. The molecule has 1 rings (SSSR count). The number of hydrogen-bond acceptors (Lipinski definition) is 1. The highest BCUT2D eigenvalue weighted by molar-refractivity contribution is 14.2. The Labute approximate surface area is 102 Å². The van der Waals surface area contributed by atoms with E-state index in [-0.39, 0.29) is 0 Å². The Bertz CT molecular complexity index is 271. The SMILES string of the molecule is Cc1ccc(CN(I)I)cc1C. The summed E-state index contributed by atoms with van der Waals surface area (Å²) in [6, 6.07) is 6.62. The molecule has 0 aliphatic carbocycles. The molecule has 0 heterocycles. The molecule has 1 aromatic rings. The number of nitrogens with zero attached hydrogens (tertiary/aromatic N) is 1. The van der Waals surface area contributed by atoms with E-state index in [1.165, 1.54) is 16.7 Å². The largest absolute Gasteiger partial charge is 0.184 e. The Morgan fingerprint density at radius 3 is 2.33 bits per heavy atom. The Morgan fingerprint density at radius 1 is 1.17 bits per heavy atom. The molecule has 12 heavy (non-hydrogen) atoms. The van der Waals surface area contributed by atoms with E-state index in [9.17, 15) is 0 Å². The minimum atomic E-state index is 1.00. The average Bonchev–Trinajstić information content (AvgIpc) is 1.96. The van der Waals surface area contributed by atoms with Gasteiger partial charge in [-0.05, 0) is 30.5 Å². The molecule has 0 radical (unpaired) electrons. The molecule has 0 N–H and O–H groups in total. The molecule has 66 valence electrons. The van der Waals surface area contributed by atoms with Gasteiger partial charge in [0.15, 0.2) is 0 Å². The van der Waals surface area contributed by atoms with Gasteiger partial charge in [-0.3, -0.25) is 0 Å². The van der Waals surface area contributed by atoms with Gasteiger partial charge in [0.05, 0.1) is 0 Å². The van der Waals surface area contributed by atoms with Crippen LogP contribution in [-0.2, 0) is 6.54 Å². The van der Waals surface area contributed by atoms with E-state index in [1.54, 1.807) is 0 Å². The highest BCUT2D eigenvalue weighted by Crippen LogP contribution is 2.16. The van der Waals surface area contributed by atoms with Crippen LogP contribution in [0.4, 0.5) is 0 Å². The molecule has 0 unspecified atom stereocenters. The van der Waals surface area contributed by atoms with Crippen LogP contribution < -0.4 is 0 Å². The fraction of sp³-hybridized carbons (Fsp3) is 0.333. The van der Waals surface area contributed by atoms with Gasteiger partial charge in [0.25, 0.3) is 0 Å². The average molecular weight is 387 g/mol. The lowest BCUT2D eigenvalue weighted by atomic mass is 10.1. The summed E-state index contributed by atoms with van der Waals surface area (Å²) in [4.78, 5) is 0. The number of benzene rings is 1. The van der Waals surface area contributed by atoms with Crippen molar-refractivity contribution in [3.63, 3.8) is 0 Å². The summed E-state index contributed by atoms with van der Waals surface area (Å²) in [6.45, 7) is 5.30. The number of hydrogen-bond donors (Lipinski definition) is 0. The van der Waals surface area contributed by atoms with Gasteiger partial charge in [-0.2, -0.15) is 1.33 Å². The highest BCUT2D eigenvalue weighted by atomic mass is 127. The third-order valence-electron chi connectivity index (χ3n) is 1.87. The van der Waals surface area contributed by atoms with Crippen molar-refractivity contribution in [2.75, 3.05) is 0 Å². The number of aryl methyl sites for hydroxylation is 2. The standard InChI is InChI=1S/C9H11I2N/c1-7-3-4-9(5-8(7)2)6-12(10)11/h3-5H,6H2,1-2H3. The fourth-order valence-corrected chi connectivity index (χ4v) is 1.83. The first-order valence-electron chi connectivity index (χ1n) is 3.75. The minimum absolute atomic E-state index is 1.00. The zero-order chi connectivity index (χ0) is 9.14. The molecule has 0 amide bonds. The summed E-state index contributed by atoms with van der Waals surface area (Å²) in [5.41, 5.74) is 4.12. The van der Waals surface area contributed by atoms with Crippen molar-refractivity contribution in [1.29, 1.82) is 0 Å². The van der Waals surface area contributed by atoms with E-state index >= 15 is 0 Å². The topological polar surface area (TPSA) is 3.24 Å². The second-order valence-electron chi connectivity index (χ2n) is 2.88. The summed E-state index contributed by atoms with van der Waals surface area (Å²) in [6.07, 6.45) is 0. The van der Waals surface area contributed by atoms with E-state index in [2.05, 4.69) is 79.1 Å². The first-order chi connectivity index (χ1) is 5.59. The van der Waals surface area contributed by atoms with Gasteiger partial charge in [0.2, 0.25) is 0 Å². The molecule has 0 bridgehead atoms. The molecule has 0 aliphatic rings. The Morgan fingerprint density at radius 2 is 1.83 bits per heavy atom. The quantitative estimate of drug-likeness (QED) is 0.552. The van der Waals surface area contributed by atoms with E-state index in [4.69, 9.17) is 0 Å². The van der Waals surface area contributed by atoms with Crippen LogP contribution >= 0.6 is 45.7 Å². The third-order valence-corrected chi connectivity index (χ3v) is 2.56. The Hall–Kier alpha value is 0.640. The lowest BCUT2D eigenvalue weighted by Gasteiger charge is -2.07. The van der Waals surface area contributed by atoms with Gasteiger partial charge in [0, 0.05) is 52.3 Å². The molecule has 0 aromatic heterocycles. The zero-order valence-corrected chi connectivity index (χ0v) is 11.5. The van der Waals surface area contributed by atoms with Crippen molar-refractivity contribution in [1.82, 2.24) is 1.33 Å². The molecule has 0 atom stereocenters. The minimum Gasteiger partial charge on any atom is -0.184 e. The van der Waals surface area contributed by atoms with Gasteiger partial charge in [-0.25, -0.2) is 0 Å². The second kappa shape index (κ2) is 4.76. The molecule has 1 nitrogen and oxygen atoms in total. The zero-order valence-electron chi connectivity index (χ0n) is 7.14. The highest BCUT2D eigenvalue weighted by Gasteiger charge is 1.98.